The fraction of sp³-hybridized carbons (Fsp3) is 0.500. The van der Waals surface area contributed by atoms with Gasteiger partial charge in [-0.05, 0) is 60.7 Å². The molecule has 0 aliphatic carbocycles. The summed E-state index contributed by atoms with van der Waals surface area (Å²) in [5.41, 5.74) is 3.08. The summed E-state index contributed by atoms with van der Waals surface area (Å²) in [7, 11) is -0.508. The molecule has 3 rings (SSSR count). The van der Waals surface area contributed by atoms with E-state index < -0.39 is 8.32 Å². The average molecular weight is 440 g/mol. The molecule has 168 valence electrons. The summed E-state index contributed by atoms with van der Waals surface area (Å²) in [5.74, 6) is -0.293. The average Bonchev–Trinajstić information content (AvgIpc) is 3.20. The SMILES string of the molecule is COC(=O)c1ccc(CC2CC[C@H](C(O[Si](C)(C)C(C)(C)C)c3ccccc3)N2)cc1. The highest BCUT2D eigenvalue weighted by atomic mass is 28.4. The zero-order valence-electron chi connectivity index (χ0n) is 19.8. The van der Waals surface area contributed by atoms with Crippen LogP contribution in [0.15, 0.2) is 54.6 Å². The molecule has 2 unspecified atom stereocenters. The maximum absolute atomic E-state index is 11.7. The molecule has 3 atom stereocenters. The molecule has 0 aromatic heterocycles. The molecular formula is C26H37NO3Si. The summed E-state index contributed by atoms with van der Waals surface area (Å²) in [6.07, 6.45) is 3.22. The van der Waals surface area contributed by atoms with Crippen molar-refractivity contribution in [2.75, 3.05) is 7.11 Å². The number of carbonyl (C=O) groups excluding carboxylic acids is 1. The van der Waals surface area contributed by atoms with Gasteiger partial charge in [-0.25, -0.2) is 4.79 Å². The predicted molar refractivity (Wildman–Crippen MR) is 129 cm³/mol. The third kappa shape index (κ3) is 5.85. The van der Waals surface area contributed by atoms with E-state index in [9.17, 15) is 4.79 Å². The van der Waals surface area contributed by atoms with Gasteiger partial charge in [0, 0.05) is 12.1 Å². The normalized spacial score (nSPS) is 20.5. The van der Waals surface area contributed by atoms with Gasteiger partial charge in [0.2, 0.25) is 0 Å². The van der Waals surface area contributed by atoms with Crippen molar-refractivity contribution in [3.05, 3.63) is 71.3 Å². The van der Waals surface area contributed by atoms with E-state index in [1.807, 2.05) is 24.3 Å². The molecule has 0 amide bonds. The van der Waals surface area contributed by atoms with Crippen LogP contribution in [0.5, 0.6) is 0 Å². The Balaban J connectivity index is 1.71. The van der Waals surface area contributed by atoms with Crippen LogP contribution < -0.4 is 5.32 Å². The molecule has 2 aromatic rings. The Morgan fingerprint density at radius 1 is 1.06 bits per heavy atom. The van der Waals surface area contributed by atoms with Crippen molar-refractivity contribution in [1.29, 1.82) is 0 Å². The minimum atomic E-state index is -1.92. The third-order valence-corrected chi connectivity index (χ3v) is 11.3. The Kier molecular flexibility index (Phi) is 7.40. The molecule has 0 radical (unpaired) electrons. The first-order chi connectivity index (χ1) is 14.6. The van der Waals surface area contributed by atoms with E-state index in [0.29, 0.717) is 17.6 Å². The van der Waals surface area contributed by atoms with Crippen molar-refractivity contribution in [2.24, 2.45) is 0 Å². The number of hydrogen-bond donors (Lipinski definition) is 1. The Morgan fingerprint density at radius 3 is 2.29 bits per heavy atom. The highest BCUT2D eigenvalue weighted by Gasteiger charge is 2.42. The van der Waals surface area contributed by atoms with Crippen LogP contribution in [0.25, 0.3) is 0 Å². The van der Waals surface area contributed by atoms with Crippen LogP contribution in [0.3, 0.4) is 0 Å². The van der Waals surface area contributed by atoms with E-state index in [-0.39, 0.29) is 17.1 Å². The summed E-state index contributed by atoms with van der Waals surface area (Å²) < 4.78 is 11.7. The maximum Gasteiger partial charge on any atom is 0.337 e. The van der Waals surface area contributed by atoms with Crippen molar-refractivity contribution >= 4 is 14.3 Å². The van der Waals surface area contributed by atoms with Crippen LogP contribution in [-0.2, 0) is 15.6 Å². The number of carbonyl (C=O) groups is 1. The second-order valence-electron chi connectivity index (χ2n) is 10.1. The lowest BCUT2D eigenvalue weighted by Gasteiger charge is -2.41. The molecular weight excluding hydrogens is 402 g/mol. The summed E-state index contributed by atoms with van der Waals surface area (Å²) >= 11 is 0. The zero-order chi connectivity index (χ0) is 22.6. The lowest BCUT2D eigenvalue weighted by atomic mass is 10.0. The van der Waals surface area contributed by atoms with Gasteiger partial charge in [-0.2, -0.15) is 0 Å². The van der Waals surface area contributed by atoms with Gasteiger partial charge in [0.25, 0.3) is 0 Å². The molecule has 1 heterocycles. The fourth-order valence-corrected chi connectivity index (χ4v) is 5.24. The Hall–Kier alpha value is -1.95. The van der Waals surface area contributed by atoms with E-state index in [4.69, 9.17) is 9.16 Å². The lowest BCUT2D eigenvalue weighted by molar-refractivity contribution is 0.0600. The molecule has 5 heteroatoms. The largest absolute Gasteiger partial charge is 0.465 e. The van der Waals surface area contributed by atoms with Crippen molar-refractivity contribution in [3.63, 3.8) is 0 Å². The Labute approximate surface area is 188 Å². The molecule has 0 spiro atoms. The first kappa shape index (κ1) is 23.7. The van der Waals surface area contributed by atoms with Crippen molar-refractivity contribution < 1.29 is 14.0 Å². The molecule has 31 heavy (non-hydrogen) atoms. The number of hydrogen-bond acceptors (Lipinski definition) is 4. The van der Waals surface area contributed by atoms with Crippen LogP contribution >= 0.6 is 0 Å². The van der Waals surface area contributed by atoms with E-state index in [1.54, 1.807) is 0 Å². The quantitative estimate of drug-likeness (QED) is 0.431. The summed E-state index contributed by atoms with van der Waals surface area (Å²) in [4.78, 5) is 11.7. The fourth-order valence-electron chi connectivity index (χ4n) is 3.95. The summed E-state index contributed by atoms with van der Waals surface area (Å²) in [6, 6.07) is 19.1. The second kappa shape index (κ2) is 9.68. The third-order valence-electron chi connectivity index (χ3n) is 6.85. The van der Waals surface area contributed by atoms with Crippen LogP contribution in [0.2, 0.25) is 18.1 Å². The van der Waals surface area contributed by atoms with Gasteiger partial charge < -0.3 is 14.5 Å². The van der Waals surface area contributed by atoms with Crippen LogP contribution in [0, 0.1) is 0 Å². The molecule has 1 aliphatic heterocycles. The monoisotopic (exact) mass is 439 g/mol. The number of ether oxygens (including phenoxy) is 1. The van der Waals surface area contributed by atoms with E-state index in [2.05, 4.69) is 69.5 Å². The van der Waals surface area contributed by atoms with E-state index in [1.165, 1.54) is 18.2 Å². The molecule has 1 fully saturated rings. The first-order valence-electron chi connectivity index (χ1n) is 11.3. The zero-order valence-corrected chi connectivity index (χ0v) is 20.8. The topological polar surface area (TPSA) is 47.6 Å². The number of rotatable bonds is 7. The van der Waals surface area contributed by atoms with E-state index >= 15 is 0 Å². The molecule has 1 aliphatic rings. The molecule has 1 saturated heterocycles. The molecule has 4 nitrogen and oxygen atoms in total. The summed E-state index contributed by atoms with van der Waals surface area (Å²) in [5, 5.41) is 4.03. The minimum absolute atomic E-state index is 0.0637. The standard InChI is InChI=1S/C26H37NO3Si/c1-26(2,3)31(5,6)30-24(20-10-8-7-9-11-20)23-17-16-22(27-23)18-19-12-14-21(15-13-19)25(28)29-4/h7-15,22-24,27H,16-18H2,1-6H3/t22?,23-,24?/m1/s1. The highest BCUT2D eigenvalue weighted by molar-refractivity contribution is 6.74. The summed E-state index contributed by atoms with van der Waals surface area (Å²) in [6.45, 7) is 11.6. The van der Waals surface area contributed by atoms with Crippen molar-refractivity contribution in [1.82, 2.24) is 5.32 Å². The maximum atomic E-state index is 11.7. The number of benzene rings is 2. The van der Waals surface area contributed by atoms with Crippen molar-refractivity contribution in [2.45, 2.75) is 76.4 Å². The first-order valence-corrected chi connectivity index (χ1v) is 14.2. The number of methoxy groups -OCH3 is 1. The second-order valence-corrected chi connectivity index (χ2v) is 14.9. The van der Waals surface area contributed by atoms with Gasteiger partial charge >= 0.3 is 5.97 Å². The molecule has 0 bridgehead atoms. The minimum Gasteiger partial charge on any atom is -0.465 e. The van der Waals surface area contributed by atoms with Gasteiger partial charge in [0.1, 0.15) is 0 Å². The van der Waals surface area contributed by atoms with Gasteiger partial charge in [0.15, 0.2) is 8.32 Å². The van der Waals surface area contributed by atoms with Gasteiger partial charge in [-0.15, -0.1) is 0 Å². The molecule has 2 aromatic carbocycles. The Bertz CT molecular complexity index is 858. The predicted octanol–water partition coefficient (Wildman–Crippen LogP) is 5.90. The van der Waals surface area contributed by atoms with Crippen LogP contribution in [0.1, 0.15) is 61.2 Å². The van der Waals surface area contributed by atoms with Crippen molar-refractivity contribution in [3.8, 4) is 0 Å². The number of nitrogens with one attached hydrogen (secondary N) is 1. The van der Waals surface area contributed by atoms with E-state index in [0.717, 1.165) is 19.3 Å². The van der Waals surface area contributed by atoms with Gasteiger partial charge in [-0.3, -0.25) is 0 Å². The Morgan fingerprint density at radius 2 is 1.71 bits per heavy atom. The van der Waals surface area contributed by atoms with Gasteiger partial charge in [0.05, 0.1) is 18.8 Å². The smallest absolute Gasteiger partial charge is 0.337 e. The lowest BCUT2D eigenvalue weighted by Crippen LogP contribution is -2.46. The number of esters is 1. The molecule has 0 saturated carbocycles. The molecule has 1 N–H and O–H groups in total. The van der Waals surface area contributed by atoms with Gasteiger partial charge in [-0.1, -0.05) is 63.2 Å². The van der Waals surface area contributed by atoms with Crippen LogP contribution in [-0.4, -0.2) is 33.5 Å². The van der Waals surface area contributed by atoms with Crippen LogP contribution in [0.4, 0.5) is 0 Å². The highest BCUT2D eigenvalue weighted by Crippen LogP contribution is 2.41.